The molecule has 0 atom stereocenters. The summed E-state index contributed by atoms with van der Waals surface area (Å²) >= 11 is 0. The van der Waals surface area contributed by atoms with Crippen LogP contribution in [0, 0.1) is 0 Å². The number of furan rings is 4. The summed E-state index contributed by atoms with van der Waals surface area (Å²) in [6, 6.07) is 63.9. The molecule has 0 bridgehead atoms. The third kappa shape index (κ3) is 4.63. The minimum Gasteiger partial charge on any atom is -0.452 e. The van der Waals surface area contributed by atoms with Crippen molar-refractivity contribution in [2.45, 2.75) is 0 Å². The van der Waals surface area contributed by atoms with Gasteiger partial charge in [0.15, 0.2) is 22.3 Å². The van der Waals surface area contributed by atoms with Gasteiger partial charge in [-0.25, -0.2) is 0 Å². The Labute approximate surface area is 330 Å². The van der Waals surface area contributed by atoms with Crippen molar-refractivity contribution < 1.29 is 17.7 Å². The van der Waals surface area contributed by atoms with Gasteiger partial charge in [0.05, 0.1) is 0 Å². The minimum atomic E-state index is 0.776. The minimum absolute atomic E-state index is 0.776. The van der Waals surface area contributed by atoms with Gasteiger partial charge >= 0.3 is 0 Å². The van der Waals surface area contributed by atoms with Crippen LogP contribution in [-0.2, 0) is 0 Å². The first-order chi connectivity index (χ1) is 28.7. The zero-order valence-electron chi connectivity index (χ0n) is 31.0. The molecule has 4 nitrogen and oxygen atoms in total. The van der Waals surface area contributed by atoms with Crippen molar-refractivity contribution in [3.8, 4) is 44.5 Å². The first-order valence-electron chi connectivity index (χ1n) is 19.5. The first-order valence-corrected chi connectivity index (χ1v) is 19.5. The maximum atomic E-state index is 6.49. The zero-order chi connectivity index (χ0) is 37.9. The molecule has 0 unspecified atom stereocenters. The van der Waals surface area contributed by atoms with Gasteiger partial charge in [-0.3, -0.25) is 0 Å². The summed E-state index contributed by atoms with van der Waals surface area (Å²) in [5.74, 6) is 0. The van der Waals surface area contributed by atoms with Crippen LogP contribution in [0.4, 0.5) is 0 Å². The molecule has 0 radical (unpaired) electrons. The molecule has 13 rings (SSSR count). The van der Waals surface area contributed by atoms with Crippen LogP contribution in [-0.4, -0.2) is 0 Å². The molecule has 0 amide bonds. The normalized spacial score (nSPS) is 12.1. The molecule has 0 aliphatic heterocycles. The van der Waals surface area contributed by atoms with Gasteiger partial charge < -0.3 is 17.7 Å². The van der Waals surface area contributed by atoms with Gasteiger partial charge in [0.2, 0.25) is 0 Å². The second kappa shape index (κ2) is 11.8. The smallest absolute Gasteiger partial charge is 0.178 e. The van der Waals surface area contributed by atoms with Crippen molar-refractivity contribution >= 4 is 87.8 Å². The molecule has 9 aromatic carbocycles. The van der Waals surface area contributed by atoms with E-state index in [1.165, 1.54) is 11.1 Å². The van der Waals surface area contributed by atoms with Crippen LogP contribution < -0.4 is 0 Å². The molecule has 0 saturated carbocycles. The van der Waals surface area contributed by atoms with Crippen molar-refractivity contribution in [2.75, 3.05) is 0 Å². The van der Waals surface area contributed by atoms with Crippen molar-refractivity contribution in [1.29, 1.82) is 0 Å². The monoisotopic (exact) mass is 742 g/mol. The fourth-order valence-electron chi connectivity index (χ4n) is 8.97. The lowest BCUT2D eigenvalue weighted by molar-refractivity contribution is 0.633. The average Bonchev–Trinajstić information content (AvgIpc) is 4.06. The van der Waals surface area contributed by atoms with Gasteiger partial charge in [0, 0.05) is 43.1 Å². The molecule has 0 aliphatic rings. The summed E-state index contributed by atoms with van der Waals surface area (Å²) < 4.78 is 25.9. The van der Waals surface area contributed by atoms with Crippen LogP contribution in [0.3, 0.4) is 0 Å². The fourth-order valence-corrected chi connectivity index (χ4v) is 8.97. The van der Waals surface area contributed by atoms with Crippen molar-refractivity contribution in [2.24, 2.45) is 0 Å². The number of benzene rings is 9. The largest absolute Gasteiger partial charge is 0.452 e. The molecular weight excluding hydrogens is 713 g/mol. The van der Waals surface area contributed by atoms with Crippen LogP contribution in [0.15, 0.2) is 200 Å². The molecule has 13 aromatic rings. The van der Waals surface area contributed by atoms with Gasteiger partial charge in [-0.05, 0) is 117 Å². The van der Waals surface area contributed by atoms with Crippen molar-refractivity contribution in [3.05, 3.63) is 182 Å². The van der Waals surface area contributed by atoms with E-state index in [0.29, 0.717) is 0 Å². The third-order valence-electron chi connectivity index (χ3n) is 11.9. The summed E-state index contributed by atoms with van der Waals surface area (Å²) in [6.45, 7) is 0. The van der Waals surface area contributed by atoms with Gasteiger partial charge in [-0.2, -0.15) is 0 Å². The SMILES string of the molecule is c1ccc(-c2ccc3oc4c(ccc5c6cc(-c7ccc(-c8ccc9oc%10c(ccc%11c%12cc(-c%13ccccc%13)ccc%12oc%11%10)c9c8)cc7)ccc6oc54)c3c2)cc1. The molecule has 58 heavy (non-hydrogen) atoms. The topological polar surface area (TPSA) is 52.6 Å². The molecule has 270 valence electrons. The Balaban J connectivity index is 0.842. The lowest BCUT2D eigenvalue weighted by atomic mass is 9.98. The second-order valence-electron chi connectivity index (χ2n) is 15.2. The summed E-state index contributed by atoms with van der Waals surface area (Å²) in [4.78, 5) is 0. The van der Waals surface area contributed by atoms with Gasteiger partial charge in [0.1, 0.15) is 22.3 Å². The highest BCUT2D eigenvalue weighted by atomic mass is 16.4. The van der Waals surface area contributed by atoms with E-state index in [1.807, 2.05) is 12.1 Å². The van der Waals surface area contributed by atoms with Gasteiger partial charge in [0.25, 0.3) is 0 Å². The number of rotatable bonds is 4. The molecule has 0 aliphatic carbocycles. The maximum Gasteiger partial charge on any atom is 0.178 e. The number of hydrogen-bond donors (Lipinski definition) is 0. The molecule has 0 saturated heterocycles. The second-order valence-corrected chi connectivity index (χ2v) is 15.2. The highest BCUT2D eigenvalue weighted by Crippen LogP contribution is 2.43. The van der Waals surface area contributed by atoms with Crippen LogP contribution >= 0.6 is 0 Å². The third-order valence-corrected chi connectivity index (χ3v) is 11.9. The first kappa shape index (κ1) is 31.4. The van der Waals surface area contributed by atoms with Crippen molar-refractivity contribution in [1.82, 2.24) is 0 Å². The lowest BCUT2D eigenvalue weighted by Gasteiger charge is -2.06. The predicted octanol–water partition coefficient (Wildman–Crippen LogP) is 16.0. The van der Waals surface area contributed by atoms with E-state index in [0.717, 1.165) is 121 Å². The Morgan fingerprint density at radius 2 is 0.431 bits per heavy atom. The van der Waals surface area contributed by atoms with E-state index in [2.05, 4.69) is 170 Å². The van der Waals surface area contributed by atoms with Gasteiger partial charge in [-0.15, -0.1) is 0 Å². The zero-order valence-corrected chi connectivity index (χ0v) is 31.0. The van der Waals surface area contributed by atoms with E-state index in [1.54, 1.807) is 0 Å². The Morgan fingerprint density at radius 3 is 0.707 bits per heavy atom. The van der Waals surface area contributed by atoms with Crippen LogP contribution in [0.5, 0.6) is 0 Å². The molecule has 4 heteroatoms. The van der Waals surface area contributed by atoms with E-state index < -0.39 is 0 Å². The maximum absolute atomic E-state index is 6.49. The van der Waals surface area contributed by atoms with E-state index in [9.17, 15) is 0 Å². The standard InChI is InChI=1S/C54H30O4/c1-3-7-31(8-4-1)35-15-23-47-43(27-35)39-19-21-41-45-29-37(17-25-49(45)57-53(41)51(39)55-47)33-11-13-34(14-12-33)38-18-26-50-46(30-38)42-22-20-40-44-28-36(32-9-5-2-6-10-32)16-24-48(44)56-52(40)54(42)58-50/h1-30H. The predicted molar refractivity (Wildman–Crippen MR) is 237 cm³/mol. The lowest BCUT2D eigenvalue weighted by Crippen LogP contribution is -1.81. The molecular formula is C54H30O4. The summed E-state index contributed by atoms with van der Waals surface area (Å²) in [5, 5.41) is 8.49. The quantitative estimate of drug-likeness (QED) is 0.180. The number of hydrogen-bond acceptors (Lipinski definition) is 4. The molecule has 0 N–H and O–H groups in total. The summed E-state index contributed by atoms with van der Waals surface area (Å²) in [7, 11) is 0. The Kier molecular flexibility index (Phi) is 6.41. The Bertz CT molecular complexity index is 3520. The molecule has 0 fully saturated rings. The number of fused-ring (bicyclic) bond motifs is 14. The fraction of sp³-hybridized carbons (Fsp3) is 0. The average molecular weight is 743 g/mol. The van der Waals surface area contributed by atoms with E-state index in [4.69, 9.17) is 17.7 Å². The van der Waals surface area contributed by atoms with Crippen LogP contribution in [0.25, 0.3) is 132 Å². The van der Waals surface area contributed by atoms with Crippen LogP contribution in [0.1, 0.15) is 0 Å². The Morgan fingerprint density at radius 1 is 0.190 bits per heavy atom. The van der Waals surface area contributed by atoms with Crippen LogP contribution in [0.2, 0.25) is 0 Å². The van der Waals surface area contributed by atoms with Gasteiger partial charge in [-0.1, -0.05) is 109 Å². The van der Waals surface area contributed by atoms with Crippen molar-refractivity contribution in [3.63, 3.8) is 0 Å². The molecule has 0 spiro atoms. The van der Waals surface area contributed by atoms with E-state index in [-0.39, 0.29) is 0 Å². The molecule has 4 heterocycles. The summed E-state index contributed by atoms with van der Waals surface area (Å²) in [5.41, 5.74) is 15.7. The summed E-state index contributed by atoms with van der Waals surface area (Å²) in [6.07, 6.45) is 0. The highest BCUT2D eigenvalue weighted by molar-refractivity contribution is 6.21. The van der Waals surface area contributed by atoms with E-state index >= 15 is 0 Å². The Hall–Kier alpha value is -7.82. The highest BCUT2D eigenvalue weighted by Gasteiger charge is 2.19. The molecule has 4 aromatic heterocycles.